The molecule has 0 radical (unpaired) electrons. The Morgan fingerprint density at radius 1 is 0.446 bits per heavy atom. The Bertz CT molecular complexity index is 2120. The van der Waals surface area contributed by atoms with Gasteiger partial charge in [-0.05, 0) is 184 Å². The summed E-state index contributed by atoms with van der Waals surface area (Å²) in [6, 6.07) is 0. The van der Waals surface area contributed by atoms with Gasteiger partial charge in [0.15, 0.2) is 6.10 Å². The van der Waals surface area contributed by atoms with Gasteiger partial charge in [0.25, 0.3) is 0 Å². The summed E-state index contributed by atoms with van der Waals surface area (Å²) in [5.74, 6) is 1.13. The van der Waals surface area contributed by atoms with Crippen molar-refractivity contribution >= 4 is 23.9 Å². The predicted octanol–water partition coefficient (Wildman–Crippen LogP) is 23.9. The first-order chi connectivity index (χ1) is 45.0. The summed E-state index contributed by atoms with van der Waals surface area (Å²) in [5, 5.41) is 0. The maximum atomic E-state index is 13.1. The van der Waals surface area contributed by atoms with Gasteiger partial charge in [0, 0.05) is 31.1 Å². The van der Waals surface area contributed by atoms with Gasteiger partial charge < -0.3 is 23.7 Å². The minimum atomic E-state index is -0.820. The van der Waals surface area contributed by atoms with Gasteiger partial charge in [-0.15, -0.1) is 0 Å². The molecule has 92 heavy (non-hydrogen) atoms. The number of allylic oxidation sites excluding steroid dienone is 9. The molecule has 3 fully saturated rings. The van der Waals surface area contributed by atoms with Crippen LogP contribution < -0.4 is 0 Å². The molecular weight excluding hydrogens is 1140 g/mol. The fourth-order valence-electron chi connectivity index (χ4n) is 15.6. The molecule has 0 saturated heterocycles. The maximum Gasteiger partial charge on any atom is 0.306 e. The monoisotopic (exact) mass is 1280 g/mol. The summed E-state index contributed by atoms with van der Waals surface area (Å²) < 4.78 is 30.4. The minimum absolute atomic E-state index is 0.0299. The SMILES string of the molecule is CCCCC/C=C\C/C=C\CCCCCCCC(=O)OCC(COC(=O)CCCCCCC/C=C\C(/C=C\CCCCC)OC1C=C2CC[C@@H]3C(CC[C@@]4(C)C3CC[C@@H]4OC(=O)CCCCCC)[C@@]2(C)CC1)OC(=O)CCCCCCC/C=C/CCCCCCCC. The molecule has 4 aliphatic rings. The van der Waals surface area contributed by atoms with Crippen LogP contribution in [0.2, 0.25) is 0 Å². The first-order valence-corrected chi connectivity index (χ1v) is 39.3. The van der Waals surface area contributed by atoms with Crippen molar-refractivity contribution < 1.29 is 42.9 Å². The van der Waals surface area contributed by atoms with E-state index in [1.54, 1.807) is 5.57 Å². The molecule has 0 aliphatic heterocycles. The van der Waals surface area contributed by atoms with Gasteiger partial charge >= 0.3 is 23.9 Å². The van der Waals surface area contributed by atoms with Crippen LogP contribution in [0.5, 0.6) is 0 Å². The average Bonchev–Trinajstić information content (AvgIpc) is 1.37. The van der Waals surface area contributed by atoms with Gasteiger partial charge in [-0.25, -0.2) is 0 Å². The first kappa shape index (κ1) is 80.7. The van der Waals surface area contributed by atoms with Gasteiger partial charge in [-0.3, -0.25) is 19.2 Å². The summed E-state index contributed by atoms with van der Waals surface area (Å²) >= 11 is 0. The van der Waals surface area contributed by atoms with Crippen LogP contribution >= 0.6 is 0 Å². The molecular formula is C83H140O9. The lowest BCUT2D eigenvalue weighted by Crippen LogP contribution is -2.52. The molecule has 9 heteroatoms. The smallest absolute Gasteiger partial charge is 0.306 e. The van der Waals surface area contributed by atoms with Crippen LogP contribution in [0.1, 0.15) is 363 Å². The highest BCUT2D eigenvalue weighted by molar-refractivity contribution is 5.71. The number of unbranched alkanes of at least 4 members (excludes halogenated alkanes) is 30. The molecule has 0 aromatic heterocycles. The largest absolute Gasteiger partial charge is 0.462 e. The molecule has 4 aliphatic carbocycles. The van der Waals surface area contributed by atoms with Crippen molar-refractivity contribution in [2.75, 3.05) is 13.2 Å². The molecule has 0 heterocycles. The normalized spacial score (nSPS) is 22.9. The lowest BCUT2D eigenvalue weighted by molar-refractivity contribution is -0.167. The summed E-state index contributed by atoms with van der Waals surface area (Å²) in [6.45, 7) is 13.8. The van der Waals surface area contributed by atoms with E-state index in [-0.39, 0.29) is 66.2 Å². The number of rotatable bonds is 56. The van der Waals surface area contributed by atoms with Crippen molar-refractivity contribution in [2.24, 2.45) is 28.6 Å². The third-order valence-corrected chi connectivity index (χ3v) is 21.3. The third kappa shape index (κ3) is 34.3. The number of carbonyl (C=O) groups is 4. The van der Waals surface area contributed by atoms with E-state index in [0.717, 1.165) is 154 Å². The molecule has 5 unspecified atom stereocenters. The molecule has 0 N–H and O–H groups in total. The van der Waals surface area contributed by atoms with Crippen molar-refractivity contribution in [3.05, 3.63) is 72.4 Å². The van der Waals surface area contributed by atoms with Gasteiger partial charge in [0.05, 0.1) is 12.2 Å². The highest BCUT2D eigenvalue weighted by atomic mass is 16.6. The summed E-state index contributed by atoms with van der Waals surface area (Å²) in [7, 11) is 0. The Hall–Kier alpha value is -3.72. The molecule has 0 amide bonds. The fraction of sp³-hybridized carbons (Fsp3) is 0.807. The fourth-order valence-corrected chi connectivity index (χ4v) is 15.6. The van der Waals surface area contributed by atoms with E-state index in [9.17, 15) is 19.2 Å². The molecule has 526 valence electrons. The van der Waals surface area contributed by atoms with Crippen LogP contribution in [-0.2, 0) is 42.9 Å². The second-order valence-corrected chi connectivity index (χ2v) is 29.1. The van der Waals surface area contributed by atoms with E-state index >= 15 is 0 Å². The minimum Gasteiger partial charge on any atom is -0.462 e. The molecule has 0 spiro atoms. The van der Waals surface area contributed by atoms with Crippen molar-refractivity contribution in [3.63, 3.8) is 0 Å². The molecule has 3 saturated carbocycles. The standard InChI is InChI=1S/C83H140O9/c1-7-11-15-19-21-23-25-27-29-31-33-35-39-44-50-55-78(84)88-68-73(91-80(86)57-52-46-40-36-34-32-30-28-26-24-22-20-16-12-8-2)69-89-79(85)56-51-45-41-37-38-43-48-54-71(53-47-42-17-13-9-3)90-72-63-65-82(5)70(67-72)59-60-74-75-61-62-77(83(75,6)66-64-76(74)82)92-81(87)58-49-18-14-10-4/h21,23,27-30,47-48,53-54,67,71-77H,7-20,22,24-26,31-46,49-52,55-66,68-69H2,1-6H3/b23-21-,29-27-,30-28+,53-47-,54-48-/t71?,72?,73?,74-,75?,76?,77-,82-,83-/m0/s1. The van der Waals surface area contributed by atoms with Crippen molar-refractivity contribution in [3.8, 4) is 0 Å². The lowest BCUT2D eigenvalue weighted by Gasteiger charge is -2.58. The zero-order valence-electron chi connectivity index (χ0n) is 60.3. The van der Waals surface area contributed by atoms with Crippen molar-refractivity contribution in [1.82, 2.24) is 0 Å². The number of esters is 4. The van der Waals surface area contributed by atoms with Gasteiger partial charge in [-0.1, -0.05) is 249 Å². The van der Waals surface area contributed by atoms with E-state index in [2.05, 4.69) is 108 Å². The van der Waals surface area contributed by atoms with Crippen LogP contribution in [0.15, 0.2) is 72.4 Å². The Kier molecular flexibility index (Phi) is 45.2. The Labute approximate surface area is 565 Å². The second-order valence-electron chi connectivity index (χ2n) is 29.1. The van der Waals surface area contributed by atoms with Gasteiger partial charge in [0.1, 0.15) is 19.3 Å². The Morgan fingerprint density at radius 2 is 0.870 bits per heavy atom. The Morgan fingerprint density at radius 3 is 1.39 bits per heavy atom. The first-order valence-electron chi connectivity index (χ1n) is 39.3. The molecule has 4 rings (SSSR count). The molecule has 0 bridgehead atoms. The zero-order chi connectivity index (χ0) is 66.0. The number of fused-ring (bicyclic) bond motifs is 5. The van der Waals surface area contributed by atoms with Crippen molar-refractivity contribution in [2.45, 2.75) is 387 Å². The van der Waals surface area contributed by atoms with Crippen LogP contribution in [0.3, 0.4) is 0 Å². The lowest BCUT2D eigenvalue weighted by atomic mass is 9.47. The predicted molar refractivity (Wildman–Crippen MR) is 384 cm³/mol. The van der Waals surface area contributed by atoms with Gasteiger partial charge in [-0.2, -0.15) is 0 Å². The average molecular weight is 1280 g/mol. The molecule has 0 aromatic carbocycles. The maximum absolute atomic E-state index is 13.1. The van der Waals surface area contributed by atoms with E-state index < -0.39 is 6.10 Å². The Balaban J connectivity index is 1.15. The highest BCUT2D eigenvalue weighted by Crippen LogP contribution is 2.66. The molecule has 9 atom stereocenters. The van der Waals surface area contributed by atoms with Crippen LogP contribution in [0.25, 0.3) is 0 Å². The quantitative estimate of drug-likeness (QED) is 0.0254. The molecule has 0 aromatic rings. The number of ether oxygens (including phenoxy) is 5. The van der Waals surface area contributed by atoms with Crippen LogP contribution in [0.4, 0.5) is 0 Å². The number of carbonyl (C=O) groups excluding carboxylic acids is 4. The molecule has 9 nitrogen and oxygen atoms in total. The summed E-state index contributed by atoms with van der Waals surface area (Å²) in [6.07, 6.45) is 78.5. The van der Waals surface area contributed by atoms with Gasteiger partial charge in [0.2, 0.25) is 0 Å². The second kappa shape index (κ2) is 51.5. The van der Waals surface area contributed by atoms with E-state index in [1.807, 2.05) is 0 Å². The van der Waals surface area contributed by atoms with Crippen LogP contribution in [-0.4, -0.2) is 61.5 Å². The van der Waals surface area contributed by atoms with E-state index in [0.29, 0.717) is 43.4 Å². The van der Waals surface area contributed by atoms with E-state index in [1.165, 1.54) is 141 Å². The third-order valence-electron chi connectivity index (χ3n) is 21.3. The summed E-state index contributed by atoms with van der Waals surface area (Å²) in [4.78, 5) is 51.9. The number of hydrogen-bond acceptors (Lipinski definition) is 9. The number of hydrogen-bond donors (Lipinski definition) is 0. The van der Waals surface area contributed by atoms with Crippen molar-refractivity contribution in [1.29, 1.82) is 0 Å². The topological polar surface area (TPSA) is 114 Å². The van der Waals surface area contributed by atoms with Crippen LogP contribution in [0, 0.1) is 28.6 Å². The highest BCUT2D eigenvalue weighted by Gasteiger charge is 2.60. The van der Waals surface area contributed by atoms with E-state index in [4.69, 9.17) is 23.7 Å². The summed E-state index contributed by atoms with van der Waals surface area (Å²) in [5.41, 5.74) is 1.97. The zero-order valence-corrected chi connectivity index (χ0v) is 60.3.